The highest BCUT2D eigenvalue weighted by molar-refractivity contribution is 4.87. The van der Waals surface area contributed by atoms with E-state index in [0.717, 1.165) is 58.5 Å². The van der Waals surface area contributed by atoms with E-state index in [2.05, 4.69) is 18.7 Å². The zero-order valence-electron chi connectivity index (χ0n) is 12.0. The van der Waals surface area contributed by atoms with Gasteiger partial charge in [-0.05, 0) is 37.6 Å². The van der Waals surface area contributed by atoms with Gasteiger partial charge in [0, 0.05) is 32.3 Å². The lowest BCUT2D eigenvalue weighted by Crippen LogP contribution is -2.49. The highest BCUT2D eigenvalue weighted by atomic mass is 16.5. The Balaban J connectivity index is 2.66. The summed E-state index contributed by atoms with van der Waals surface area (Å²) in [5.74, 6) is 0. The standard InChI is InChI=1S/C14H30N2O2/c1-3-13(4-2)16(7-8-17)12-14(11-15)5-9-18-10-6-14/h13,17H,3-12,15H2,1-2H3. The van der Waals surface area contributed by atoms with Crippen molar-refractivity contribution in [3.05, 3.63) is 0 Å². The Bertz CT molecular complexity index is 214. The molecule has 0 aliphatic carbocycles. The van der Waals surface area contributed by atoms with Crippen molar-refractivity contribution in [2.45, 2.75) is 45.6 Å². The summed E-state index contributed by atoms with van der Waals surface area (Å²) in [7, 11) is 0. The molecule has 0 bridgehead atoms. The van der Waals surface area contributed by atoms with E-state index >= 15 is 0 Å². The number of rotatable bonds is 8. The molecule has 0 unspecified atom stereocenters. The van der Waals surface area contributed by atoms with E-state index in [-0.39, 0.29) is 12.0 Å². The zero-order chi connectivity index (χ0) is 13.4. The van der Waals surface area contributed by atoms with E-state index in [0.29, 0.717) is 6.04 Å². The summed E-state index contributed by atoms with van der Waals surface area (Å²) >= 11 is 0. The lowest BCUT2D eigenvalue weighted by Gasteiger charge is -2.42. The SMILES string of the molecule is CCC(CC)N(CCO)CC1(CN)CCOCC1. The number of aliphatic hydroxyl groups excluding tert-OH is 1. The van der Waals surface area contributed by atoms with E-state index in [4.69, 9.17) is 10.5 Å². The number of hydrogen-bond acceptors (Lipinski definition) is 4. The van der Waals surface area contributed by atoms with Crippen LogP contribution in [0.1, 0.15) is 39.5 Å². The van der Waals surface area contributed by atoms with Crippen molar-refractivity contribution in [1.82, 2.24) is 4.90 Å². The molecule has 0 radical (unpaired) electrons. The van der Waals surface area contributed by atoms with Gasteiger partial charge in [-0.3, -0.25) is 4.90 Å². The molecule has 0 atom stereocenters. The first-order valence-electron chi connectivity index (χ1n) is 7.34. The predicted octanol–water partition coefficient (Wildman–Crippen LogP) is 1.22. The van der Waals surface area contributed by atoms with Gasteiger partial charge in [-0.25, -0.2) is 0 Å². The highest BCUT2D eigenvalue weighted by Crippen LogP contribution is 2.31. The largest absolute Gasteiger partial charge is 0.395 e. The molecule has 0 aromatic rings. The molecule has 1 fully saturated rings. The second-order valence-corrected chi connectivity index (χ2v) is 5.48. The fraction of sp³-hybridized carbons (Fsp3) is 1.00. The summed E-state index contributed by atoms with van der Waals surface area (Å²) in [5, 5.41) is 9.27. The van der Waals surface area contributed by atoms with E-state index in [1.165, 1.54) is 0 Å². The van der Waals surface area contributed by atoms with Crippen molar-refractivity contribution in [2.75, 3.05) is 39.5 Å². The van der Waals surface area contributed by atoms with Crippen molar-refractivity contribution < 1.29 is 9.84 Å². The van der Waals surface area contributed by atoms with Crippen LogP contribution in [-0.4, -0.2) is 55.5 Å². The van der Waals surface area contributed by atoms with Crippen molar-refractivity contribution in [1.29, 1.82) is 0 Å². The third kappa shape index (κ3) is 4.19. The molecule has 4 heteroatoms. The van der Waals surface area contributed by atoms with Crippen LogP contribution >= 0.6 is 0 Å². The predicted molar refractivity (Wildman–Crippen MR) is 74.6 cm³/mol. The van der Waals surface area contributed by atoms with Gasteiger partial charge in [0.25, 0.3) is 0 Å². The molecule has 0 saturated carbocycles. The second kappa shape index (κ2) is 8.10. The van der Waals surface area contributed by atoms with E-state index in [1.54, 1.807) is 0 Å². The number of nitrogens with two attached hydrogens (primary N) is 1. The summed E-state index contributed by atoms with van der Waals surface area (Å²) < 4.78 is 5.46. The minimum absolute atomic E-state index is 0.190. The summed E-state index contributed by atoms with van der Waals surface area (Å²) in [6.07, 6.45) is 4.36. The lowest BCUT2D eigenvalue weighted by molar-refractivity contribution is -0.0116. The Hall–Kier alpha value is -0.160. The third-order valence-electron chi connectivity index (χ3n) is 4.37. The van der Waals surface area contributed by atoms with Gasteiger partial charge in [0.05, 0.1) is 6.61 Å². The number of nitrogens with zero attached hydrogens (tertiary/aromatic N) is 1. The van der Waals surface area contributed by atoms with E-state index in [1.807, 2.05) is 0 Å². The molecule has 1 saturated heterocycles. The average Bonchev–Trinajstić information content (AvgIpc) is 2.41. The number of hydrogen-bond donors (Lipinski definition) is 2. The van der Waals surface area contributed by atoms with E-state index in [9.17, 15) is 5.11 Å². The lowest BCUT2D eigenvalue weighted by atomic mass is 9.79. The maximum atomic E-state index is 9.27. The Morgan fingerprint density at radius 1 is 1.28 bits per heavy atom. The Morgan fingerprint density at radius 2 is 1.89 bits per heavy atom. The molecule has 1 heterocycles. The van der Waals surface area contributed by atoms with Gasteiger partial charge in [0.15, 0.2) is 0 Å². The van der Waals surface area contributed by atoms with Crippen LogP contribution in [0.4, 0.5) is 0 Å². The van der Waals surface area contributed by atoms with Crippen molar-refractivity contribution >= 4 is 0 Å². The quantitative estimate of drug-likeness (QED) is 0.687. The van der Waals surface area contributed by atoms with Crippen molar-refractivity contribution in [3.8, 4) is 0 Å². The Labute approximate surface area is 111 Å². The molecule has 3 N–H and O–H groups in total. The first kappa shape index (κ1) is 15.9. The summed E-state index contributed by atoms with van der Waals surface area (Å²) in [5.41, 5.74) is 6.21. The van der Waals surface area contributed by atoms with Crippen molar-refractivity contribution in [2.24, 2.45) is 11.1 Å². The maximum Gasteiger partial charge on any atom is 0.0558 e. The average molecular weight is 258 g/mol. The second-order valence-electron chi connectivity index (χ2n) is 5.48. The summed E-state index contributed by atoms with van der Waals surface area (Å²) in [6.45, 7) is 8.80. The van der Waals surface area contributed by atoms with Crippen LogP contribution < -0.4 is 5.73 Å². The maximum absolute atomic E-state index is 9.27. The molecule has 108 valence electrons. The molecule has 18 heavy (non-hydrogen) atoms. The van der Waals surface area contributed by atoms with Crippen LogP contribution in [0.25, 0.3) is 0 Å². The van der Waals surface area contributed by atoms with Crippen LogP contribution in [-0.2, 0) is 4.74 Å². The minimum atomic E-state index is 0.190. The molecule has 0 amide bonds. The smallest absolute Gasteiger partial charge is 0.0558 e. The van der Waals surface area contributed by atoms with Crippen molar-refractivity contribution in [3.63, 3.8) is 0 Å². The van der Waals surface area contributed by atoms with Crippen LogP contribution in [0.5, 0.6) is 0 Å². The van der Waals surface area contributed by atoms with Crippen LogP contribution in [0.3, 0.4) is 0 Å². The molecule has 1 aliphatic rings. The molecule has 4 nitrogen and oxygen atoms in total. The number of ether oxygens (including phenoxy) is 1. The summed E-state index contributed by atoms with van der Waals surface area (Å²) in [4.78, 5) is 2.43. The molecule has 1 aliphatic heterocycles. The van der Waals surface area contributed by atoms with Crippen LogP contribution in [0, 0.1) is 5.41 Å². The molecule has 0 aromatic heterocycles. The first-order chi connectivity index (χ1) is 8.71. The minimum Gasteiger partial charge on any atom is -0.395 e. The Morgan fingerprint density at radius 3 is 2.33 bits per heavy atom. The van der Waals surface area contributed by atoms with Crippen LogP contribution in [0.2, 0.25) is 0 Å². The molecule has 1 rings (SSSR count). The van der Waals surface area contributed by atoms with Gasteiger partial charge in [0.1, 0.15) is 0 Å². The van der Waals surface area contributed by atoms with Gasteiger partial charge < -0.3 is 15.6 Å². The van der Waals surface area contributed by atoms with Gasteiger partial charge in [-0.1, -0.05) is 13.8 Å². The van der Waals surface area contributed by atoms with Gasteiger partial charge >= 0.3 is 0 Å². The molecular weight excluding hydrogens is 228 g/mol. The first-order valence-corrected chi connectivity index (χ1v) is 7.34. The molecule has 0 spiro atoms. The monoisotopic (exact) mass is 258 g/mol. The highest BCUT2D eigenvalue weighted by Gasteiger charge is 2.34. The zero-order valence-corrected chi connectivity index (χ0v) is 12.0. The fourth-order valence-corrected chi connectivity index (χ4v) is 2.99. The third-order valence-corrected chi connectivity index (χ3v) is 4.37. The fourth-order valence-electron chi connectivity index (χ4n) is 2.99. The normalized spacial score (nSPS) is 19.7. The van der Waals surface area contributed by atoms with Crippen LogP contribution in [0.15, 0.2) is 0 Å². The molecular formula is C14H30N2O2. The molecule has 0 aromatic carbocycles. The van der Waals surface area contributed by atoms with Gasteiger partial charge in [-0.2, -0.15) is 0 Å². The number of aliphatic hydroxyl groups is 1. The van der Waals surface area contributed by atoms with Gasteiger partial charge in [-0.15, -0.1) is 0 Å². The topological polar surface area (TPSA) is 58.7 Å². The van der Waals surface area contributed by atoms with E-state index < -0.39 is 0 Å². The Kier molecular flexibility index (Phi) is 7.15. The summed E-state index contributed by atoms with van der Waals surface area (Å²) in [6, 6.07) is 0.559. The van der Waals surface area contributed by atoms with Gasteiger partial charge in [0.2, 0.25) is 0 Å².